The normalized spacial score (nSPS) is 10.8. The molecule has 0 aromatic carbocycles. The van der Waals surface area contributed by atoms with Crippen LogP contribution in [0.5, 0.6) is 0 Å². The maximum Gasteiger partial charge on any atom is 0.315 e. The van der Waals surface area contributed by atoms with E-state index in [9.17, 15) is 14.4 Å². The van der Waals surface area contributed by atoms with Crippen molar-refractivity contribution < 1.29 is 24.2 Å². The van der Waals surface area contributed by atoms with Gasteiger partial charge in [0.1, 0.15) is 0 Å². The quantitative estimate of drug-likeness (QED) is 0.426. The fourth-order valence-electron chi connectivity index (χ4n) is 1.50. The number of hydrogen-bond donors (Lipinski definition) is 4. The summed E-state index contributed by atoms with van der Waals surface area (Å²) in [7, 11) is 1.55. The Morgan fingerprint density at radius 2 is 1.76 bits per heavy atom. The van der Waals surface area contributed by atoms with Crippen LogP contribution in [-0.4, -0.2) is 55.4 Å². The van der Waals surface area contributed by atoms with Gasteiger partial charge in [-0.05, 0) is 20.3 Å². The number of carbonyl (C=O) groups is 3. The van der Waals surface area contributed by atoms with Gasteiger partial charge in [0.15, 0.2) is 0 Å². The molecule has 8 heteroatoms. The molecule has 0 aromatic rings. The van der Waals surface area contributed by atoms with Crippen molar-refractivity contribution in [2.45, 2.75) is 38.6 Å². The van der Waals surface area contributed by atoms with E-state index < -0.39 is 17.5 Å². The molecule has 0 aliphatic rings. The van der Waals surface area contributed by atoms with Crippen molar-refractivity contribution >= 4 is 17.9 Å². The molecule has 0 radical (unpaired) electrons. The third-order valence-corrected chi connectivity index (χ3v) is 2.68. The largest absolute Gasteiger partial charge is 0.481 e. The molecule has 0 unspecified atom stereocenters. The Morgan fingerprint density at radius 3 is 2.33 bits per heavy atom. The number of rotatable bonds is 10. The van der Waals surface area contributed by atoms with Crippen molar-refractivity contribution in [3.8, 4) is 0 Å². The zero-order valence-corrected chi connectivity index (χ0v) is 12.8. The molecule has 0 heterocycles. The molecule has 0 atom stereocenters. The summed E-state index contributed by atoms with van der Waals surface area (Å²) in [5.41, 5.74) is -0.622. The van der Waals surface area contributed by atoms with Gasteiger partial charge < -0.3 is 25.8 Å². The zero-order valence-electron chi connectivity index (χ0n) is 12.8. The number of ether oxygens (including phenoxy) is 1. The molecule has 0 bridgehead atoms. The van der Waals surface area contributed by atoms with Gasteiger partial charge >= 0.3 is 12.0 Å². The number of aliphatic carboxylic acids is 1. The highest BCUT2D eigenvalue weighted by atomic mass is 16.5. The third-order valence-electron chi connectivity index (χ3n) is 2.68. The molecule has 0 aromatic heterocycles. The summed E-state index contributed by atoms with van der Waals surface area (Å²) in [6.07, 6.45) is 0.481. The Balaban J connectivity index is 3.83. The Labute approximate surface area is 124 Å². The van der Waals surface area contributed by atoms with E-state index in [2.05, 4.69) is 16.0 Å². The first-order valence-corrected chi connectivity index (χ1v) is 6.80. The van der Waals surface area contributed by atoms with Gasteiger partial charge in [-0.3, -0.25) is 9.59 Å². The summed E-state index contributed by atoms with van der Waals surface area (Å²) in [4.78, 5) is 33.5. The highest BCUT2D eigenvalue weighted by Gasteiger charge is 2.21. The number of methoxy groups -OCH3 is 1. The lowest BCUT2D eigenvalue weighted by molar-refractivity contribution is -0.137. The molecule has 3 amide bonds. The monoisotopic (exact) mass is 303 g/mol. The van der Waals surface area contributed by atoms with Crippen LogP contribution in [0, 0.1) is 0 Å². The number of nitrogens with one attached hydrogen (secondary N) is 3. The van der Waals surface area contributed by atoms with E-state index in [0.717, 1.165) is 0 Å². The number of amides is 3. The highest BCUT2D eigenvalue weighted by molar-refractivity contribution is 5.78. The van der Waals surface area contributed by atoms with Crippen molar-refractivity contribution in [3.63, 3.8) is 0 Å². The SMILES string of the molecule is COCCNC(=O)CCNC(=O)NC(C)(C)CCC(=O)O. The third kappa shape index (κ3) is 11.7. The molecule has 21 heavy (non-hydrogen) atoms. The topological polar surface area (TPSA) is 117 Å². The molecule has 122 valence electrons. The first-order valence-electron chi connectivity index (χ1n) is 6.80. The Bertz CT molecular complexity index is 358. The van der Waals surface area contributed by atoms with Crippen LogP contribution in [0.15, 0.2) is 0 Å². The van der Waals surface area contributed by atoms with Gasteiger partial charge in [-0.1, -0.05) is 0 Å². The van der Waals surface area contributed by atoms with Crippen LogP contribution in [0.2, 0.25) is 0 Å². The van der Waals surface area contributed by atoms with E-state index in [-0.39, 0.29) is 25.3 Å². The van der Waals surface area contributed by atoms with Crippen molar-refractivity contribution in [3.05, 3.63) is 0 Å². The zero-order chi connectivity index (χ0) is 16.3. The molecule has 0 spiro atoms. The molecule has 4 N–H and O–H groups in total. The van der Waals surface area contributed by atoms with Crippen LogP contribution in [-0.2, 0) is 14.3 Å². The Kier molecular flexibility index (Phi) is 9.11. The lowest BCUT2D eigenvalue weighted by atomic mass is 9.99. The standard InChI is InChI=1S/C13H25N3O5/c1-13(2,6-4-11(18)19)16-12(20)15-7-5-10(17)14-8-9-21-3/h4-9H2,1-3H3,(H,14,17)(H,18,19)(H2,15,16,20). The first-order chi connectivity index (χ1) is 9.76. The van der Waals surface area contributed by atoms with Gasteiger partial charge in [0.25, 0.3) is 0 Å². The van der Waals surface area contributed by atoms with Crippen LogP contribution in [0.3, 0.4) is 0 Å². The smallest absolute Gasteiger partial charge is 0.315 e. The average Bonchev–Trinajstić information content (AvgIpc) is 2.36. The minimum atomic E-state index is -0.905. The maximum absolute atomic E-state index is 11.6. The predicted molar refractivity (Wildman–Crippen MR) is 77.0 cm³/mol. The van der Waals surface area contributed by atoms with Gasteiger partial charge in [0, 0.05) is 38.6 Å². The lowest BCUT2D eigenvalue weighted by Crippen LogP contribution is -2.49. The molecule has 0 rings (SSSR count). The molecular weight excluding hydrogens is 278 g/mol. The second kappa shape index (κ2) is 9.98. The summed E-state index contributed by atoms with van der Waals surface area (Å²) in [5, 5.41) is 16.5. The molecular formula is C13H25N3O5. The molecule has 0 saturated heterocycles. The molecule has 8 nitrogen and oxygen atoms in total. The fraction of sp³-hybridized carbons (Fsp3) is 0.769. The van der Waals surface area contributed by atoms with Crippen molar-refractivity contribution in [2.75, 3.05) is 26.8 Å². The van der Waals surface area contributed by atoms with E-state index in [1.165, 1.54) is 0 Å². The number of carboxylic acids is 1. The van der Waals surface area contributed by atoms with Gasteiger partial charge in [0.2, 0.25) is 5.91 Å². The lowest BCUT2D eigenvalue weighted by Gasteiger charge is -2.25. The van der Waals surface area contributed by atoms with Crippen LogP contribution in [0.1, 0.15) is 33.1 Å². The summed E-state index contributed by atoms with van der Waals surface area (Å²) in [6, 6.07) is -0.421. The summed E-state index contributed by atoms with van der Waals surface area (Å²) < 4.78 is 4.79. The van der Waals surface area contributed by atoms with E-state index in [1.807, 2.05) is 0 Å². The van der Waals surface area contributed by atoms with Gasteiger partial charge in [0.05, 0.1) is 6.61 Å². The predicted octanol–water partition coefficient (Wildman–Crippen LogP) is 0.0817. The second-order valence-electron chi connectivity index (χ2n) is 5.25. The Morgan fingerprint density at radius 1 is 1.10 bits per heavy atom. The van der Waals surface area contributed by atoms with E-state index in [4.69, 9.17) is 9.84 Å². The molecule has 0 aliphatic heterocycles. The summed E-state index contributed by atoms with van der Waals surface area (Å²) in [6.45, 7) is 4.57. The molecule has 0 saturated carbocycles. The average molecular weight is 303 g/mol. The highest BCUT2D eigenvalue weighted by Crippen LogP contribution is 2.10. The van der Waals surface area contributed by atoms with Crippen molar-refractivity contribution in [1.82, 2.24) is 16.0 Å². The summed E-state index contributed by atoms with van der Waals surface area (Å²) >= 11 is 0. The van der Waals surface area contributed by atoms with Crippen LogP contribution < -0.4 is 16.0 Å². The van der Waals surface area contributed by atoms with Gasteiger partial charge in [-0.25, -0.2) is 4.79 Å². The van der Waals surface area contributed by atoms with E-state index in [0.29, 0.717) is 19.6 Å². The van der Waals surface area contributed by atoms with Crippen LogP contribution in [0.4, 0.5) is 4.79 Å². The number of hydrogen-bond acceptors (Lipinski definition) is 4. The number of carboxylic acid groups (broad SMARTS) is 1. The maximum atomic E-state index is 11.6. The van der Waals surface area contributed by atoms with Gasteiger partial charge in [-0.2, -0.15) is 0 Å². The summed E-state index contributed by atoms with van der Waals surface area (Å²) in [5.74, 6) is -1.07. The number of urea groups is 1. The van der Waals surface area contributed by atoms with Crippen molar-refractivity contribution in [2.24, 2.45) is 0 Å². The van der Waals surface area contributed by atoms with Gasteiger partial charge in [-0.15, -0.1) is 0 Å². The van der Waals surface area contributed by atoms with Crippen molar-refractivity contribution in [1.29, 1.82) is 0 Å². The number of carbonyl (C=O) groups excluding carboxylic acids is 2. The van der Waals surface area contributed by atoms with E-state index >= 15 is 0 Å². The minimum absolute atomic E-state index is 0.0187. The van der Waals surface area contributed by atoms with E-state index in [1.54, 1.807) is 21.0 Å². The molecule has 0 fully saturated rings. The fourth-order valence-corrected chi connectivity index (χ4v) is 1.50. The minimum Gasteiger partial charge on any atom is -0.481 e. The Hall–Kier alpha value is -1.83. The van der Waals surface area contributed by atoms with Crippen LogP contribution in [0.25, 0.3) is 0 Å². The van der Waals surface area contributed by atoms with Crippen LogP contribution >= 0.6 is 0 Å². The first kappa shape index (κ1) is 19.2. The molecule has 0 aliphatic carbocycles. The second-order valence-corrected chi connectivity index (χ2v) is 5.25.